The zero-order valence-corrected chi connectivity index (χ0v) is 20.4. The Labute approximate surface area is 204 Å². The Balaban J connectivity index is 1.34. The molecule has 2 heterocycles. The van der Waals surface area contributed by atoms with Crippen molar-refractivity contribution in [1.82, 2.24) is 15.3 Å². The standard InChI is InChI=1S/C28H30FN3O3/c1-17-15-30-18(2)25(32-17)22-10-11-24(29)23-14-21(35-26(22)23)16-31-27(33)28(12-4-5-13-28)19-6-8-20(34-3)9-7-19/h6-11,15,21H,4-5,12-14,16H2,1-3H3,(H,31,33). The van der Waals surface area contributed by atoms with Crippen molar-refractivity contribution < 1.29 is 18.7 Å². The maximum Gasteiger partial charge on any atom is 0.230 e. The van der Waals surface area contributed by atoms with E-state index in [1.54, 1.807) is 19.4 Å². The number of methoxy groups -OCH3 is 1. The quantitative estimate of drug-likeness (QED) is 0.552. The first-order chi connectivity index (χ1) is 16.9. The minimum atomic E-state index is -0.553. The molecule has 0 saturated heterocycles. The molecule has 1 unspecified atom stereocenters. The zero-order chi connectivity index (χ0) is 24.6. The topological polar surface area (TPSA) is 73.3 Å². The van der Waals surface area contributed by atoms with Crippen molar-refractivity contribution in [3.63, 3.8) is 0 Å². The van der Waals surface area contributed by atoms with Crippen LogP contribution in [0.2, 0.25) is 0 Å². The Kier molecular flexibility index (Phi) is 6.17. The molecule has 6 nitrogen and oxygen atoms in total. The molecule has 0 radical (unpaired) electrons. The van der Waals surface area contributed by atoms with Gasteiger partial charge in [0, 0.05) is 23.7 Å². The number of aryl methyl sites for hydroxylation is 2. The number of halogens is 1. The second kappa shape index (κ2) is 9.29. The maximum absolute atomic E-state index is 14.7. The molecule has 0 spiro atoms. The minimum Gasteiger partial charge on any atom is -0.497 e. The Hall–Kier alpha value is -3.48. The highest BCUT2D eigenvalue weighted by Gasteiger charge is 2.43. The van der Waals surface area contributed by atoms with E-state index in [4.69, 9.17) is 9.47 Å². The molecular formula is C28H30FN3O3. The number of ether oxygens (including phenoxy) is 2. The van der Waals surface area contributed by atoms with E-state index in [-0.39, 0.29) is 17.8 Å². The number of carbonyl (C=O) groups is 1. The van der Waals surface area contributed by atoms with Gasteiger partial charge in [0.1, 0.15) is 23.4 Å². The number of benzene rings is 2. The Bertz CT molecular complexity index is 1250. The lowest BCUT2D eigenvalue weighted by Crippen LogP contribution is -2.45. The van der Waals surface area contributed by atoms with Gasteiger partial charge >= 0.3 is 0 Å². The molecule has 7 heteroatoms. The summed E-state index contributed by atoms with van der Waals surface area (Å²) in [5, 5.41) is 3.12. The van der Waals surface area contributed by atoms with Gasteiger partial charge in [0.2, 0.25) is 5.91 Å². The molecule has 2 aromatic carbocycles. The first kappa shape index (κ1) is 23.3. The lowest BCUT2D eigenvalue weighted by Gasteiger charge is -2.29. The SMILES string of the molecule is COc1ccc(C2(C(=O)NCC3Cc4c(F)ccc(-c5nc(C)cnc5C)c4O3)CCCC2)cc1. The summed E-state index contributed by atoms with van der Waals surface area (Å²) in [5.41, 5.74) is 3.94. The van der Waals surface area contributed by atoms with Crippen LogP contribution >= 0.6 is 0 Å². The molecule has 3 aromatic rings. The molecule has 182 valence electrons. The molecule has 1 N–H and O–H groups in total. The summed E-state index contributed by atoms with van der Waals surface area (Å²) in [5.74, 6) is 0.964. The van der Waals surface area contributed by atoms with Crippen LogP contribution in [0.1, 0.15) is 48.2 Å². The third-order valence-electron chi connectivity index (χ3n) is 7.28. The van der Waals surface area contributed by atoms with Crippen molar-refractivity contribution in [3.8, 4) is 22.8 Å². The number of hydrogen-bond acceptors (Lipinski definition) is 5. The van der Waals surface area contributed by atoms with Gasteiger partial charge in [-0.2, -0.15) is 0 Å². The van der Waals surface area contributed by atoms with Crippen LogP contribution in [0.3, 0.4) is 0 Å². The van der Waals surface area contributed by atoms with E-state index < -0.39 is 5.41 Å². The molecule has 1 fully saturated rings. The van der Waals surface area contributed by atoms with Crippen molar-refractivity contribution in [3.05, 3.63) is 70.9 Å². The number of carbonyl (C=O) groups excluding carboxylic acids is 1. The third kappa shape index (κ3) is 4.24. The van der Waals surface area contributed by atoms with Crippen molar-refractivity contribution >= 4 is 5.91 Å². The highest BCUT2D eigenvalue weighted by Crippen LogP contribution is 2.43. The maximum atomic E-state index is 14.7. The van der Waals surface area contributed by atoms with Crippen LogP contribution < -0.4 is 14.8 Å². The van der Waals surface area contributed by atoms with Gasteiger partial charge in [-0.25, -0.2) is 9.37 Å². The summed E-state index contributed by atoms with van der Waals surface area (Å²) in [6.07, 6.45) is 5.39. The number of nitrogens with zero attached hydrogens (tertiary/aromatic N) is 2. The lowest BCUT2D eigenvalue weighted by molar-refractivity contribution is -0.127. The lowest BCUT2D eigenvalue weighted by atomic mass is 9.78. The fraction of sp³-hybridized carbons (Fsp3) is 0.393. The number of fused-ring (bicyclic) bond motifs is 1. The summed E-state index contributed by atoms with van der Waals surface area (Å²) < 4.78 is 26.2. The summed E-state index contributed by atoms with van der Waals surface area (Å²) in [7, 11) is 1.63. The summed E-state index contributed by atoms with van der Waals surface area (Å²) in [6.45, 7) is 4.06. The first-order valence-electron chi connectivity index (χ1n) is 12.1. The molecule has 0 bridgehead atoms. The zero-order valence-electron chi connectivity index (χ0n) is 20.4. The molecule has 5 rings (SSSR count). The molecule has 1 aromatic heterocycles. The van der Waals surface area contributed by atoms with E-state index in [0.717, 1.165) is 53.9 Å². The van der Waals surface area contributed by atoms with Crippen LogP contribution in [0.15, 0.2) is 42.6 Å². The normalized spacial score (nSPS) is 18.1. The average Bonchev–Trinajstić information content (AvgIpc) is 3.54. The second-order valence-electron chi connectivity index (χ2n) is 9.52. The van der Waals surface area contributed by atoms with E-state index in [9.17, 15) is 9.18 Å². The number of amides is 1. The first-order valence-corrected chi connectivity index (χ1v) is 12.1. The van der Waals surface area contributed by atoms with Gasteiger partial charge in [-0.15, -0.1) is 0 Å². The minimum absolute atomic E-state index is 0.000753. The van der Waals surface area contributed by atoms with E-state index in [1.807, 2.05) is 38.1 Å². The fourth-order valence-electron chi connectivity index (χ4n) is 5.37. The molecule has 1 atom stereocenters. The number of rotatable bonds is 6. The van der Waals surface area contributed by atoms with Gasteiger partial charge in [-0.05, 0) is 56.5 Å². The predicted octanol–water partition coefficient (Wildman–Crippen LogP) is 4.84. The summed E-state index contributed by atoms with van der Waals surface area (Å²) >= 11 is 0. The van der Waals surface area contributed by atoms with Crippen LogP contribution in [0.4, 0.5) is 4.39 Å². The van der Waals surface area contributed by atoms with Crippen LogP contribution in [0.25, 0.3) is 11.3 Å². The molecule has 1 saturated carbocycles. The highest BCUT2D eigenvalue weighted by molar-refractivity contribution is 5.88. The van der Waals surface area contributed by atoms with Crippen molar-refractivity contribution in [1.29, 1.82) is 0 Å². The summed E-state index contributed by atoms with van der Waals surface area (Å²) in [4.78, 5) is 22.5. The number of nitrogens with one attached hydrogen (secondary N) is 1. The highest BCUT2D eigenvalue weighted by atomic mass is 19.1. The Morgan fingerprint density at radius 3 is 2.63 bits per heavy atom. The fourth-order valence-corrected chi connectivity index (χ4v) is 5.37. The van der Waals surface area contributed by atoms with Crippen LogP contribution in [-0.4, -0.2) is 35.6 Å². The van der Waals surface area contributed by atoms with Crippen molar-refractivity contribution in [2.24, 2.45) is 0 Å². The third-order valence-corrected chi connectivity index (χ3v) is 7.28. The molecule has 1 amide bonds. The average molecular weight is 476 g/mol. The van der Waals surface area contributed by atoms with Gasteiger partial charge in [0.15, 0.2) is 0 Å². The molecule has 1 aliphatic carbocycles. The smallest absolute Gasteiger partial charge is 0.230 e. The van der Waals surface area contributed by atoms with Gasteiger partial charge in [0.25, 0.3) is 0 Å². The monoisotopic (exact) mass is 475 g/mol. The number of aromatic nitrogens is 2. The van der Waals surface area contributed by atoms with Crippen molar-refractivity contribution in [2.45, 2.75) is 57.5 Å². The Morgan fingerprint density at radius 1 is 1.17 bits per heavy atom. The van der Waals surface area contributed by atoms with Crippen molar-refractivity contribution in [2.75, 3.05) is 13.7 Å². The van der Waals surface area contributed by atoms with E-state index in [2.05, 4.69) is 15.3 Å². The molecule has 35 heavy (non-hydrogen) atoms. The van der Waals surface area contributed by atoms with Crippen LogP contribution in [-0.2, 0) is 16.6 Å². The van der Waals surface area contributed by atoms with Gasteiger partial charge in [0.05, 0.1) is 36.2 Å². The van der Waals surface area contributed by atoms with Gasteiger partial charge in [-0.3, -0.25) is 9.78 Å². The predicted molar refractivity (Wildman–Crippen MR) is 131 cm³/mol. The molecule has 2 aliphatic rings. The van der Waals surface area contributed by atoms with E-state index in [0.29, 0.717) is 30.0 Å². The number of hydrogen-bond donors (Lipinski definition) is 1. The van der Waals surface area contributed by atoms with Crippen LogP contribution in [0.5, 0.6) is 11.5 Å². The molecule has 1 aliphatic heterocycles. The van der Waals surface area contributed by atoms with Gasteiger partial charge < -0.3 is 14.8 Å². The van der Waals surface area contributed by atoms with Gasteiger partial charge in [-0.1, -0.05) is 25.0 Å². The molecular weight excluding hydrogens is 445 g/mol. The van der Waals surface area contributed by atoms with Crippen LogP contribution in [0, 0.1) is 19.7 Å². The summed E-state index contributed by atoms with van der Waals surface area (Å²) in [6, 6.07) is 10.9. The second-order valence-corrected chi connectivity index (χ2v) is 9.52. The largest absolute Gasteiger partial charge is 0.497 e. The van der Waals surface area contributed by atoms with E-state index in [1.165, 1.54) is 6.07 Å². The Morgan fingerprint density at radius 2 is 1.91 bits per heavy atom. The van der Waals surface area contributed by atoms with E-state index >= 15 is 0 Å².